The molecule has 11 rings (SSSR count). The molecule has 0 aliphatic carbocycles. The zero-order valence-corrected chi connectivity index (χ0v) is 26.9. The number of furan rings is 1. The minimum Gasteiger partial charge on any atom is -0.436 e. The molecule has 0 aliphatic rings. The molecule has 0 bridgehead atoms. The van der Waals surface area contributed by atoms with E-state index in [-0.39, 0.29) is 0 Å². The van der Waals surface area contributed by atoms with Crippen molar-refractivity contribution in [3.63, 3.8) is 0 Å². The minimum absolute atomic E-state index is 0.555. The summed E-state index contributed by atoms with van der Waals surface area (Å²) < 4.78 is 11.2. The van der Waals surface area contributed by atoms with Crippen LogP contribution in [0.5, 0.6) is 0 Å². The van der Waals surface area contributed by atoms with Crippen molar-refractivity contribution in [2.45, 2.75) is 0 Å². The van der Waals surface area contributed by atoms with E-state index in [9.17, 15) is 0 Å². The maximum Gasteiger partial charge on any atom is 0.246 e. The first-order chi connectivity index (χ1) is 24.3. The third kappa shape index (κ3) is 3.85. The molecule has 4 nitrogen and oxygen atoms in total. The molecular formula is C44H25N3OS. The van der Waals surface area contributed by atoms with Crippen LogP contribution in [-0.2, 0) is 0 Å². The molecule has 4 aromatic heterocycles. The van der Waals surface area contributed by atoms with E-state index in [1.165, 1.54) is 53.1 Å². The van der Waals surface area contributed by atoms with E-state index in [1.54, 1.807) is 0 Å². The molecule has 0 unspecified atom stereocenters. The lowest BCUT2D eigenvalue weighted by atomic mass is 9.96. The number of nitrogens with zero attached hydrogens (tertiary/aromatic N) is 3. The van der Waals surface area contributed by atoms with Crippen LogP contribution < -0.4 is 0 Å². The van der Waals surface area contributed by atoms with Crippen LogP contribution in [0.3, 0.4) is 0 Å². The standard InChI is InChI=1S/C44H25N3OS/c1-2-11-28(12-3-1)47-35-17-7-6-14-31(35)32-22-20-27(24-36(32)47)30-15-8-18-38-41(30)42-33(16-9-19-39(42)49-38)34-25-45-43-40-29-13-5-4-10-26(29)21-23-37(40)48-44(43)46-34/h1-25H. The van der Waals surface area contributed by atoms with E-state index in [0.29, 0.717) is 5.71 Å². The molecule has 5 heteroatoms. The molecule has 49 heavy (non-hydrogen) atoms. The van der Waals surface area contributed by atoms with E-state index in [2.05, 4.69) is 144 Å². The maximum absolute atomic E-state index is 6.34. The Balaban J connectivity index is 1.15. The Kier molecular flexibility index (Phi) is 5.51. The molecule has 4 heterocycles. The van der Waals surface area contributed by atoms with Gasteiger partial charge in [-0.3, -0.25) is 0 Å². The van der Waals surface area contributed by atoms with Crippen LogP contribution >= 0.6 is 11.3 Å². The normalized spacial score (nSPS) is 12.1. The number of benzene rings is 7. The maximum atomic E-state index is 6.34. The van der Waals surface area contributed by atoms with Crippen LogP contribution in [-0.4, -0.2) is 14.5 Å². The van der Waals surface area contributed by atoms with Crippen LogP contribution in [0.2, 0.25) is 0 Å². The van der Waals surface area contributed by atoms with Gasteiger partial charge in [0.15, 0.2) is 0 Å². The molecule has 0 radical (unpaired) electrons. The molecule has 0 amide bonds. The summed E-state index contributed by atoms with van der Waals surface area (Å²) in [6.45, 7) is 0. The highest BCUT2D eigenvalue weighted by Gasteiger charge is 2.20. The summed E-state index contributed by atoms with van der Waals surface area (Å²) in [5.74, 6) is 0. The van der Waals surface area contributed by atoms with Gasteiger partial charge >= 0.3 is 0 Å². The van der Waals surface area contributed by atoms with Gasteiger partial charge in [-0.15, -0.1) is 11.3 Å². The van der Waals surface area contributed by atoms with E-state index in [4.69, 9.17) is 14.4 Å². The summed E-state index contributed by atoms with van der Waals surface area (Å²) in [4.78, 5) is 10.1. The first kappa shape index (κ1) is 26.7. The van der Waals surface area contributed by atoms with Crippen molar-refractivity contribution in [3.05, 3.63) is 152 Å². The number of hydrogen-bond donors (Lipinski definition) is 0. The molecule has 0 fully saturated rings. The van der Waals surface area contributed by atoms with Gasteiger partial charge in [-0.1, -0.05) is 103 Å². The predicted molar refractivity (Wildman–Crippen MR) is 205 cm³/mol. The summed E-state index contributed by atoms with van der Waals surface area (Å²) in [6, 6.07) is 51.9. The second-order valence-corrected chi connectivity index (χ2v) is 13.6. The van der Waals surface area contributed by atoms with Crippen LogP contribution in [0, 0.1) is 0 Å². The van der Waals surface area contributed by atoms with Gasteiger partial charge in [0, 0.05) is 42.2 Å². The van der Waals surface area contributed by atoms with E-state index in [1.807, 2.05) is 23.6 Å². The average molecular weight is 644 g/mol. The van der Waals surface area contributed by atoms with Crippen LogP contribution in [0.4, 0.5) is 0 Å². The summed E-state index contributed by atoms with van der Waals surface area (Å²) in [7, 11) is 0. The molecule has 0 saturated heterocycles. The number of rotatable bonds is 3. The number of aromatic nitrogens is 3. The number of fused-ring (bicyclic) bond motifs is 11. The Morgan fingerprint density at radius 2 is 1.29 bits per heavy atom. The lowest BCUT2D eigenvalue weighted by Crippen LogP contribution is -1.93. The van der Waals surface area contributed by atoms with Crippen molar-refractivity contribution >= 4 is 86.3 Å². The Morgan fingerprint density at radius 3 is 2.16 bits per heavy atom. The Bertz CT molecular complexity index is 3110. The fraction of sp³-hybridized carbons (Fsp3) is 0. The fourth-order valence-corrected chi connectivity index (χ4v) is 8.90. The van der Waals surface area contributed by atoms with Gasteiger partial charge in [0.25, 0.3) is 0 Å². The Hall–Kier alpha value is -6.30. The molecular weight excluding hydrogens is 619 g/mol. The molecule has 11 aromatic rings. The van der Waals surface area contributed by atoms with Gasteiger partial charge in [0.05, 0.1) is 28.3 Å². The predicted octanol–water partition coefficient (Wildman–Crippen LogP) is 12.3. The number of thiophene rings is 1. The molecule has 7 aromatic carbocycles. The lowest BCUT2D eigenvalue weighted by Gasteiger charge is -2.10. The van der Waals surface area contributed by atoms with Gasteiger partial charge in [0.2, 0.25) is 5.71 Å². The van der Waals surface area contributed by atoms with Crippen molar-refractivity contribution in [1.29, 1.82) is 0 Å². The van der Waals surface area contributed by atoms with E-state index in [0.717, 1.165) is 44.2 Å². The molecule has 0 saturated carbocycles. The van der Waals surface area contributed by atoms with Crippen molar-refractivity contribution in [3.8, 4) is 28.1 Å². The highest BCUT2D eigenvalue weighted by Crippen LogP contribution is 2.45. The molecule has 0 aliphatic heterocycles. The topological polar surface area (TPSA) is 43.9 Å². The van der Waals surface area contributed by atoms with Gasteiger partial charge in [0.1, 0.15) is 11.1 Å². The van der Waals surface area contributed by atoms with E-state index < -0.39 is 0 Å². The second kappa shape index (κ2) is 10.1. The highest BCUT2D eigenvalue weighted by molar-refractivity contribution is 7.26. The summed E-state index contributed by atoms with van der Waals surface area (Å²) >= 11 is 1.82. The van der Waals surface area contributed by atoms with Gasteiger partial charge in [-0.25, -0.2) is 9.97 Å². The first-order valence-corrected chi connectivity index (χ1v) is 17.2. The van der Waals surface area contributed by atoms with Crippen LogP contribution in [0.1, 0.15) is 0 Å². The quantitative estimate of drug-likeness (QED) is 0.192. The van der Waals surface area contributed by atoms with Crippen molar-refractivity contribution in [1.82, 2.24) is 14.5 Å². The number of hydrogen-bond acceptors (Lipinski definition) is 4. The molecule has 228 valence electrons. The second-order valence-electron chi connectivity index (χ2n) is 12.6. The zero-order chi connectivity index (χ0) is 32.1. The summed E-state index contributed by atoms with van der Waals surface area (Å²) in [5, 5.41) is 8.22. The highest BCUT2D eigenvalue weighted by atomic mass is 32.1. The van der Waals surface area contributed by atoms with E-state index >= 15 is 0 Å². The largest absolute Gasteiger partial charge is 0.436 e. The summed E-state index contributed by atoms with van der Waals surface area (Å²) in [6.07, 6.45) is 1.91. The first-order valence-electron chi connectivity index (χ1n) is 16.4. The smallest absolute Gasteiger partial charge is 0.246 e. The molecule has 0 N–H and O–H groups in total. The Morgan fingerprint density at radius 1 is 0.551 bits per heavy atom. The third-order valence-corrected chi connectivity index (χ3v) is 11.0. The van der Waals surface area contributed by atoms with Crippen LogP contribution in [0.15, 0.2) is 156 Å². The van der Waals surface area contributed by atoms with Crippen molar-refractivity contribution in [2.75, 3.05) is 0 Å². The van der Waals surface area contributed by atoms with Gasteiger partial charge in [-0.2, -0.15) is 0 Å². The minimum atomic E-state index is 0.555. The number of para-hydroxylation sites is 2. The fourth-order valence-electron chi connectivity index (χ4n) is 7.74. The lowest BCUT2D eigenvalue weighted by molar-refractivity contribution is 0.654. The SMILES string of the molecule is c1ccc(-n2c3ccccc3c3ccc(-c4cccc5sc6cccc(-c7cnc8c(n7)oc7ccc9ccccc9c78)c6c45)cc32)cc1. The molecule has 0 atom stereocenters. The monoisotopic (exact) mass is 643 g/mol. The third-order valence-electron chi connectivity index (χ3n) is 9.87. The summed E-state index contributed by atoms with van der Waals surface area (Å²) in [5.41, 5.74) is 9.93. The van der Waals surface area contributed by atoms with Crippen molar-refractivity contribution in [2.24, 2.45) is 0 Å². The Labute approximate surface area is 284 Å². The van der Waals surface area contributed by atoms with Gasteiger partial charge in [-0.05, 0) is 64.4 Å². The van der Waals surface area contributed by atoms with Crippen LogP contribution in [0.25, 0.3) is 103 Å². The van der Waals surface area contributed by atoms with Gasteiger partial charge < -0.3 is 8.98 Å². The zero-order valence-electron chi connectivity index (χ0n) is 26.1. The molecule has 0 spiro atoms. The average Bonchev–Trinajstić information content (AvgIpc) is 3.84. The van der Waals surface area contributed by atoms with Crippen molar-refractivity contribution < 1.29 is 4.42 Å².